The van der Waals surface area contributed by atoms with E-state index in [1.165, 1.54) is 0 Å². The Labute approximate surface area is 84.8 Å². The molecule has 2 rings (SSSR count). The quantitative estimate of drug-likeness (QED) is 0.678. The van der Waals surface area contributed by atoms with Crippen molar-refractivity contribution in [1.29, 1.82) is 0 Å². The molecule has 3 atom stereocenters. The lowest BCUT2D eigenvalue weighted by molar-refractivity contribution is -0.128. The number of carbonyl (C=O) groups excluding carboxylic acids is 1. The summed E-state index contributed by atoms with van der Waals surface area (Å²) >= 11 is 0. The van der Waals surface area contributed by atoms with Crippen LogP contribution in [0.1, 0.15) is 33.1 Å². The Kier molecular flexibility index (Phi) is 2.88. The molecule has 0 spiro atoms. The number of ketones is 1. The fourth-order valence-electron chi connectivity index (χ4n) is 2.41. The summed E-state index contributed by atoms with van der Waals surface area (Å²) in [5.74, 6) is 0.746. The van der Waals surface area contributed by atoms with Crippen molar-refractivity contribution in [3.8, 4) is 0 Å². The molecule has 2 fully saturated rings. The smallest absolute Gasteiger partial charge is 0.147 e. The van der Waals surface area contributed by atoms with Gasteiger partial charge in [-0.05, 0) is 19.3 Å². The molecule has 1 saturated heterocycles. The summed E-state index contributed by atoms with van der Waals surface area (Å²) in [5.41, 5.74) is 0. The zero-order valence-corrected chi connectivity index (χ0v) is 8.86. The van der Waals surface area contributed by atoms with E-state index < -0.39 is 0 Å². The van der Waals surface area contributed by atoms with Crippen LogP contribution in [-0.2, 0) is 14.3 Å². The number of rotatable bonds is 2. The van der Waals surface area contributed by atoms with Crippen molar-refractivity contribution in [2.75, 3.05) is 6.79 Å². The van der Waals surface area contributed by atoms with Crippen LogP contribution in [0.2, 0.25) is 0 Å². The number of ether oxygens (including phenoxy) is 2. The van der Waals surface area contributed by atoms with E-state index in [0.717, 1.165) is 19.3 Å². The van der Waals surface area contributed by atoms with Gasteiger partial charge in [-0.15, -0.1) is 0 Å². The third-order valence-corrected chi connectivity index (χ3v) is 3.27. The Bertz CT molecular complexity index is 225. The van der Waals surface area contributed by atoms with Gasteiger partial charge in [0.1, 0.15) is 12.6 Å². The normalized spacial score (nSPS) is 37.2. The SMILES string of the molecule is CC(C)C(=O)C1CCC2OCOC2C1. The minimum atomic E-state index is 0.152. The zero-order chi connectivity index (χ0) is 10.1. The van der Waals surface area contributed by atoms with Gasteiger partial charge in [-0.2, -0.15) is 0 Å². The summed E-state index contributed by atoms with van der Waals surface area (Å²) in [6.45, 7) is 4.36. The van der Waals surface area contributed by atoms with Crippen LogP contribution in [0.4, 0.5) is 0 Å². The van der Waals surface area contributed by atoms with Crippen molar-refractivity contribution >= 4 is 5.78 Å². The second-order valence-corrected chi connectivity index (χ2v) is 4.60. The molecule has 14 heavy (non-hydrogen) atoms. The van der Waals surface area contributed by atoms with E-state index in [0.29, 0.717) is 12.6 Å². The fraction of sp³-hybridized carbons (Fsp3) is 0.909. The molecule has 3 nitrogen and oxygen atoms in total. The van der Waals surface area contributed by atoms with Crippen LogP contribution in [-0.4, -0.2) is 24.8 Å². The molecule has 0 aromatic carbocycles. The number of hydrogen-bond acceptors (Lipinski definition) is 3. The third-order valence-electron chi connectivity index (χ3n) is 3.27. The summed E-state index contributed by atoms with van der Waals surface area (Å²) in [6, 6.07) is 0. The van der Waals surface area contributed by atoms with Crippen LogP contribution >= 0.6 is 0 Å². The van der Waals surface area contributed by atoms with Gasteiger partial charge in [-0.3, -0.25) is 4.79 Å². The highest BCUT2D eigenvalue weighted by molar-refractivity contribution is 5.82. The highest BCUT2D eigenvalue weighted by Gasteiger charge is 2.38. The maximum absolute atomic E-state index is 11.8. The van der Waals surface area contributed by atoms with Gasteiger partial charge in [0.15, 0.2) is 0 Å². The van der Waals surface area contributed by atoms with Crippen LogP contribution in [0.3, 0.4) is 0 Å². The highest BCUT2D eigenvalue weighted by atomic mass is 16.7. The first-order chi connectivity index (χ1) is 6.68. The lowest BCUT2D eigenvalue weighted by atomic mass is 9.80. The molecule has 1 aliphatic carbocycles. The van der Waals surface area contributed by atoms with E-state index in [4.69, 9.17) is 9.47 Å². The molecule has 2 aliphatic rings. The van der Waals surface area contributed by atoms with Crippen LogP contribution in [0, 0.1) is 11.8 Å². The van der Waals surface area contributed by atoms with E-state index in [2.05, 4.69) is 0 Å². The molecule has 1 aliphatic heterocycles. The average Bonchev–Trinajstić information content (AvgIpc) is 2.62. The van der Waals surface area contributed by atoms with Gasteiger partial charge < -0.3 is 9.47 Å². The Hall–Kier alpha value is -0.410. The molecule has 0 aromatic heterocycles. The molecular weight excluding hydrogens is 180 g/mol. The summed E-state index contributed by atoms with van der Waals surface area (Å²) < 4.78 is 10.9. The topological polar surface area (TPSA) is 35.5 Å². The van der Waals surface area contributed by atoms with Crippen molar-refractivity contribution in [3.63, 3.8) is 0 Å². The van der Waals surface area contributed by atoms with Gasteiger partial charge in [-0.1, -0.05) is 13.8 Å². The van der Waals surface area contributed by atoms with E-state index >= 15 is 0 Å². The maximum atomic E-state index is 11.8. The first-order valence-corrected chi connectivity index (χ1v) is 5.45. The first-order valence-electron chi connectivity index (χ1n) is 5.45. The maximum Gasteiger partial charge on any atom is 0.147 e. The van der Waals surface area contributed by atoms with Gasteiger partial charge in [-0.25, -0.2) is 0 Å². The van der Waals surface area contributed by atoms with Gasteiger partial charge >= 0.3 is 0 Å². The molecule has 0 radical (unpaired) electrons. The summed E-state index contributed by atoms with van der Waals surface area (Å²) in [6.07, 6.45) is 3.25. The minimum absolute atomic E-state index is 0.152. The minimum Gasteiger partial charge on any atom is -0.349 e. The summed E-state index contributed by atoms with van der Waals surface area (Å²) in [5, 5.41) is 0. The second kappa shape index (κ2) is 3.99. The number of Topliss-reactive ketones (excluding diaryl/α,β-unsaturated/α-hetero) is 1. The largest absolute Gasteiger partial charge is 0.349 e. The van der Waals surface area contributed by atoms with Crippen molar-refractivity contribution < 1.29 is 14.3 Å². The van der Waals surface area contributed by atoms with Crippen LogP contribution in [0.25, 0.3) is 0 Å². The highest BCUT2D eigenvalue weighted by Crippen LogP contribution is 2.33. The van der Waals surface area contributed by atoms with Crippen LogP contribution in [0.5, 0.6) is 0 Å². The standard InChI is InChI=1S/C11H18O3/c1-7(2)11(12)8-3-4-9-10(5-8)14-6-13-9/h7-10H,3-6H2,1-2H3. The van der Waals surface area contributed by atoms with Crippen LogP contribution < -0.4 is 0 Å². The molecular formula is C11H18O3. The van der Waals surface area contributed by atoms with Crippen LogP contribution in [0.15, 0.2) is 0 Å². The third kappa shape index (κ3) is 1.84. The lowest BCUT2D eigenvalue weighted by Crippen LogP contribution is -2.35. The molecule has 3 heteroatoms. The summed E-state index contributed by atoms with van der Waals surface area (Å²) in [7, 11) is 0. The molecule has 1 heterocycles. The number of hydrogen-bond donors (Lipinski definition) is 0. The monoisotopic (exact) mass is 198 g/mol. The first kappa shape index (κ1) is 10.1. The van der Waals surface area contributed by atoms with Crippen molar-refractivity contribution in [2.24, 2.45) is 11.8 Å². The van der Waals surface area contributed by atoms with Gasteiger partial charge in [0.25, 0.3) is 0 Å². The second-order valence-electron chi connectivity index (χ2n) is 4.60. The van der Waals surface area contributed by atoms with Crippen molar-refractivity contribution in [3.05, 3.63) is 0 Å². The molecule has 0 amide bonds. The molecule has 3 unspecified atom stereocenters. The number of carbonyl (C=O) groups is 1. The summed E-state index contributed by atoms with van der Waals surface area (Å²) in [4.78, 5) is 11.8. The number of fused-ring (bicyclic) bond motifs is 1. The fourth-order valence-corrected chi connectivity index (χ4v) is 2.41. The molecule has 80 valence electrons. The Morgan fingerprint density at radius 2 is 1.93 bits per heavy atom. The van der Waals surface area contributed by atoms with E-state index in [1.807, 2.05) is 13.8 Å². The van der Waals surface area contributed by atoms with Gasteiger partial charge in [0.2, 0.25) is 0 Å². The predicted molar refractivity (Wildman–Crippen MR) is 51.8 cm³/mol. The predicted octanol–water partition coefficient (Wildman–Crippen LogP) is 1.75. The Morgan fingerprint density at radius 3 is 2.64 bits per heavy atom. The molecule has 1 saturated carbocycles. The Balaban J connectivity index is 1.94. The molecule has 0 aromatic rings. The van der Waals surface area contributed by atoms with Gasteiger partial charge in [0.05, 0.1) is 12.2 Å². The molecule has 0 bridgehead atoms. The van der Waals surface area contributed by atoms with Crippen molar-refractivity contribution in [1.82, 2.24) is 0 Å². The van der Waals surface area contributed by atoms with E-state index in [1.54, 1.807) is 0 Å². The van der Waals surface area contributed by atoms with E-state index in [9.17, 15) is 4.79 Å². The Morgan fingerprint density at radius 1 is 1.21 bits per heavy atom. The zero-order valence-electron chi connectivity index (χ0n) is 8.86. The van der Waals surface area contributed by atoms with Crippen molar-refractivity contribution in [2.45, 2.75) is 45.3 Å². The van der Waals surface area contributed by atoms with E-state index in [-0.39, 0.29) is 24.0 Å². The molecule has 0 N–H and O–H groups in total. The van der Waals surface area contributed by atoms with Gasteiger partial charge in [0, 0.05) is 11.8 Å². The average molecular weight is 198 g/mol. The lowest BCUT2D eigenvalue weighted by Gasteiger charge is -2.29.